The number of allylic oxidation sites excluding steroid dienone is 2. The predicted molar refractivity (Wildman–Crippen MR) is 118 cm³/mol. The lowest BCUT2D eigenvalue weighted by Gasteiger charge is -1.99. The summed E-state index contributed by atoms with van der Waals surface area (Å²) in [4.78, 5) is 23.3. The van der Waals surface area contributed by atoms with Crippen molar-refractivity contribution in [3.63, 3.8) is 0 Å². The Kier molecular flexibility index (Phi) is 9.92. The Balaban J connectivity index is 1.55. The first-order valence-electron chi connectivity index (χ1n) is 9.31. The minimum atomic E-state index is -0.239. The van der Waals surface area contributed by atoms with Crippen LogP contribution in [0.25, 0.3) is 12.2 Å². The van der Waals surface area contributed by atoms with Crippen molar-refractivity contribution in [1.82, 2.24) is 10.9 Å². The van der Waals surface area contributed by atoms with Crippen LogP contribution < -0.4 is 10.9 Å². The quantitative estimate of drug-likeness (QED) is 0.479. The van der Waals surface area contributed by atoms with Gasteiger partial charge in [0.2, 0.25) is 11.8 Å². The standard InChI is InChI=1S/C23H24N4O2/c28-22(26-24-18-8-14-20-10-3-1-4-11-20)16-7-17-23(29)27-25-19-9-15-21-12-5-2-6-13-21/h1-6,8-15,18-19H,7,16-17H2,(H,26,28)(H,27,29)/b14-8+,15-9+,24-18+,25-19+. The molecule has 0 radical (unpaired) electrons. The van der Waals surface area contributed by atoms with Crippen molar-refractivity contribution < 1.29 is 9.59 Å². The molecule has 2 amide bonds. The molecule has 0 saturated heterocycles. The van der Waals surface area contributed by atoms with Crippen LogP contribution in [0.5, 0.6) is 0 Å². The maximum atomic E-state index is 11.7. The van der Waals surface area contributed by atoms with Gasteiger partial charge in [-0.1, -0.05) is 72.8 Å². The zero-order valence-corrected chi connectivity index (χ0v) is 16.1. The van der Waals surface area contributed by atoms with Crippen molar-refractivity contribution in [3.8, 4) is 0 Å². The first kappa shape index (κ1) is 21.5. The van der Waals surface area contributed by atoms with E-state index in [2.05, 4.69) is 21.1 Å². The molecule has 0 spiro atoms. The van der Waals surface area contributed by atoms with E-state index in [0.29, 0.717) is 6.42 Å². The normalized spacial score (nSPS) is 11.6. The summed E-state index contributed by atoms with van der Waals surface area (Å²) in [6.07, 6.45) is 11.1. The number of amides is 2. The van der Waals surface area contributed by atoms with Crippen molar-refractivity contribution in [2.75, 3.05) is 0 Å². The van der Waals surface area contributed by atoms with E-state index in [0.717, 1.165) is 11.1 Å². The Morgan fingerprint density at radius 2 is 1.10 bits per heavy atom. The monoisotopic (exact) mass is 388 g/mol. The van der Waals surface area contributed by atoms with Gasteiger partial charge in [0.1, 0.15) is 0 Å². The fourth-order valence-corrected chi connectivity index (χ4v) is 2.26. The number of hydrogen-bond donors (Lipinski definition) is 2. The summed E-state index contributed by atoms with van der Waals surface area (Å²) in [6.45, 7) is 0. The highest BCUT2D eigenvalue weighted by atomic mass is 16.2. The molecule has 2 aromatic carbocycles. The number of hydrogen-bond acceptors (Lipinski definition) is 4. The van der Waals surface area contributed by atoms with Gasteiger partial charge in [0.05, 0.1) is 0 Å². The Morgan fingerprint density at radius 3 is 1.52 bits per heavy atom. The Bertz CT molecular complexity index is 799. The van der Waals surface area contributed by atoms with Crippen LogP contribution in [0.4, 0.5) is 0 Å². The number of nitrogens with one attached hydrogen (secondary N) is 2. The third-order valence-electron chi connectivity index (χ3n) is 3.68. The fraction of sp³-hybridized carbons (Fsp3) is 0.130. The summed E-state index contributed by atoms with van der Waals surface area (Å²) in [5, 5.41) is 7.67. The molecule has 0 fully saturated rings. The maximum absolute atomic E-state index is 11.7. The van der Waals surface area contributed by atoms with Crippen LogP contribution in [0.1, 0.15) is 30.4 Å². The predicted octanol–water partition coefficient (Wildman–Crippen LogP) is 3.79. The average molecular weight is 388 g/mol. The minimum absolute atomic E-state index is 0.213. The van der Waals surface area contributed by atoms with Gasteiger partial charge in [0.25, 0.3) is 0 Å². The molecule has 6 nitrogen and oxygen atoms in total. The van der Waals surface area contributed by atoms with E-state index in [4.69, 9.17) is 0 Å². The molecule has 0 heterocycles. The molecule has 6 heteroatoms. The summed E-state index contributed by atoms with van der Waals surface area (Å²) >= 11 is 0. The Labute approximate surface area is 170 Å². The van der Waals surface area contributed by atoms with Gasteiger partial charge in [-0.2, -0.15) is 10.2 Å². The zero-order chi connectivity index (χ0) is 20.6. The molecule has 2 N–H and O–H groups in total. The summed E-state index contributed by atoms with van der Waals surface area (Å²) in [5.74, 6) is -0.479. The van der Waals surface area contributed by atoms with Crippen molar-refractivity contribution in [3.05, 3.63) is 83.9 Å². The van der Waals surface area contributed by atoms with Gasteiger partial charge >= 0.3 is 0 Å². The molecular weight excluding hydrogens is 364 g/mol. The van der Waals surface area contributed by atoms with Crippen LogP contribution in [-0.4, -0.2) is 24.2 Å². The highest BCUT2D eigenvalue weighted by Crippen LogP contribution is 2.00. The van der Waals surface area contributed by atoms with E-state index in [1.807, 2.05) is 72.8 Å². The number of carbonyl (C=O) groups excluding carboxylic acids is 2. The van der Waals surface area contributed by atoms with Crippen LogP contribution in [0, 0.1) is 0 Å². The Morgan fingerprint density at radius 1 is 0.690 bits per heavy atom. The third kappa shape index (κ3) is 10.2. The van der Waals surface area contributed by atoms with Gasteiger partial charge < -0.3 is 0 Å². The second kappa shape index (κ2) is 13.4. The van der Waals surface area contributed by atoms with E-state index >= 15 is 0 Å². The van der Waals surface area contributed by atoms with Crippen LogP contribution in [-0.2, 0) is 9.59 Å². The molecule has 0 saturated carbocycles. The third-order valence-corrected chi connectivity index (χ3v) is 3.68. The molecule has 0 aromatic heterocycles. The lowest BCUT2D eigenvalue weighted by molar-refractivity contribution is -0.122. The van der Waals surface area contributed by atoms with Crippen molar-refractivity contribution >= 4 is 36.4 Å². The maximum Gasteiger partial charge on any atom is 0.240 e. The highest BCUT2D eigenvalue weighted by molar-refractivity contribution is 5.83. The number of benzene rings is 2. The zero-order valence-electron chi connectivity index (χ0n) is 16.1. The van der Waals surface area contributed by atoms with Gasteiger partial charge in [-0.25, -0.2) is 10.9 Å². The highest BCUT2D eigenvalue weighted by Gasteiger charge is 2.03. The van der Waals surface area contributed by atoms with Crippen molar-refractivity contribution in [2.45, 2.75) is 19.3 Å². The number of rotatable bonds is 10. The SMILES string of the molecule is O=C(CCCC(=O)N/N=C/C=C/c1ccccc1)N/N=C/C=C/c1ccccc1. The van der Waals surface area contributed by atoms with E-state index < -0.39 is 0 Å². The molecule has 0 atom stereocenters. The summed E-state index contributed by atoms with van der Waals surface area (Å²) in [7, 11) is 0. The number of nitrogens with zero attached hydrogens (tertiary/aromatic N) is 2. The van der Waals surface area contributed by atoms with Gasteiger partial charge in [0.15, 0.2) is 0 Å². The molecule has 0 aliphatic heterocycles. The van der Waals surface area contributed by atoms with E-state index in [9.17, 15) is 9.59 Å². The lowest BCUT2D eigenvalue weighted by Crippen LogP contribution is -2.20. The molecule has 148 valence electrons. The molecule has 2 rings (SSSR count). The van der Waals surface area contributed by atoms with Crippen LogP contribution in [0.2, 0.25) is 0 Å². The smallest absolute Gasteiger partial charge is 0.240 e. The topological polar surface area (TPSA) is 82.9 Å². The molecular formula is C23H24N4O2. The van der Waals surface area contributed by atoms with E-state index in [-0.39, 0.29) is 24.7 Å². The Hall–Kier alpha value is -3.80. The molecule has 0 unspecified atom stereocenters. The molecule has 29 heavy (non-hydrogen) atoms. The average Bonchev–Trinajstić information content (AvgIpc) is 2.75. The van der Waals surface area contributed by atoms with Crippen LogP contribution >= 0.6 is 0 Å². The lowest BCUT2D eigenvalue weighted by atomic mass is 10.2. The molecule has 0 bridgehead atoms. The van der Waals surface area contributed by atoms with E-state index in [1.165, 1.54) is 12.4 Å². The van der Waals surface area contributed by atoms with Crippen LogP contribution in [0.3, 0.4) is 0 Å². The van der Waals surface area contributed by atoms with Gasteiger partial charge in [-0.05, 0) is 29.7 Å². The van der Waals surface area contributed by atoms with Crippen LogP contribution in [0.15, 0.2) is 83.0 Å². The second-order valence-corrected chi connectivity index (χ2v) is 6.02. The first-order chi connectivity index (χ1) is 14.2. The molecule has 2 aromatic rings. The van der Waals surface area contributed by atoms with E-state index in [1.54, 1.807) is 12.2 Å². The first-order valence-corrected chi connectivity index (χ1v) is 9.31. The fourth-order valence-electron chi connectivity index (χ4n) is 2.26. The summed E-state index contributed by atoms with van der Waals surface area (Å²) < 4.78 is 0. The minimum Gasteiger partial charge on any atom is -0.273 e. The van der Waals surface area contributed by atoms with Crippen molar-refractivity contribution in [1.29, 1.82) is 0 Å². The largest absolute Gasteiger partial charge is 0.273 e. The second-order valence-electron chi connectivity index (χ2n) is 6.02. The summed E-state index contributed by atoms with van der Waals surface area (Å²) in [6, 6.07) is 19.6. The van der Waals surface area contributed by atoms with Gasteiger partial charge in [0, 0.05) is 25.3 Å². The molecule has 0 aliphatic rings. The number of hydrazone groups is 2. The van der Waals surface area contributed by atoms with Gasteiger partial charge in [-0.3, -0.25) is 9.59 Å². The van der Waals surface area contributed by atoms with Crippen molar-refractivity contribution in [2.24, 2.45) is 10.2 Å². The summed E-state index contributed by atoms with van der Waals surface area (Å²) in [5.41, 5.74) is 6.95. The van der Waals surface area contributed by atoms with Gasteiger partial charge in [-0.15, -0.1) is 0 Å². The number of carbonyl (C=O) groups is 2. The molecule has 0 aliphatic carbocycles.